The van der Waals surface area contributed by atoms with Gasteiger partial charge in [0.1, 0.15) is 18.5 Å². The second-order valence-electron chi connectivity index (χ2n) is 5.35. The third-order valence-electron chi connectivity index (χ3n) is 3.50. The molecule has 1 heterocycles. The summed E-state index contributed by atoms with van der Waals surface area (Å²) in [6.45, 7) is 5.35. The maximum atomic E-state index is 12.6. The van der Waals surface area contributed by atoms with E-state index in [0.29, 0.717) is 6.61 Å². The van der Waals surface area contributed by atoms with E-state index in [4.69, 9.17) is 9.47 Å². The summed E-state index contributed by atoms with van der Waals surface area (Å²) in [5.41, 5.74) is 2.21. The Morgan fingerprint density at radius 2 is 1.81 bits per heavy atom. The molecule has 0 N–H and O–H groups in total. The first kappa shape index (κ1) is 14.2. The van der Waals surface area contributed by atoms with E-state index >= 15 is 0 Å². The van der Waals surface area contributed by atoms with Crippen molar-refractivity contribution in [2.24, 2.45) is 0 Å². The number of benzene rings is 2. The van der Waals surface area contributed by atoms with E-state index in [1.807, 2.05) is 56.3 Å². The molecule has 1 aliphatic rings. The highest BCUT2D eigenvalue weighted by molar-refractivity contribution is 7.61. The maximum absolute atomic E-state index is 12.6. The molecule has 108 valence electrons. The van der Waals surface area contributed by atoms with Gasteiger partial charge in [0.05, 0.1) is 6.61 Å². The molecule has 4 heteroatoms. The Morgan fingerprint density at radius 1 is 1.14 bits per heavy atom. The average molecular weight is 301 g/mol. The van der Waals surface area contributed by atoms with Gasteiger partial charge in [-0.2, -0.15) is 0 Å². The van der Waals surface area contributed by atoms with Crippen molar-refractivity contribution in [3.05, 3.63) is 53.6 Å². The number of hydrogen-bond acceptors (Lipinski definition) is 3. The molecule has 0 spiro atoms. The highest BCUT2D eigenvalue weighted by Crippen LogP contribution is 2.25. The standard InChI is InChI=1S/C17H18O3P/c1-12-3-6-15(7-4-12)21(18)16-8-5-13(2)17(9-16)20-11-14-10-19-14/h3-9,14H,10-11H2,1-2H3/q+1. The zero-order chi connectivity index (χ0) is 14.8. The van der Waals surface area contributed by atoms with E-state index in [9.17, 15) is 4.57 Å². The van der Waals surface area contributed by atoms with Crippen LogP contribution in [0.5, 0.6) is 5.75 Å². The van der Waals surface area contributed by atoms with Crippen molar-refractivity contribution >= 4 is 18.4 Å². The number of epoxide rings is 1. The predicted molar refractivity (Wildman–Crippen MR) is 84.5 cm³/mol. The van der Waals surface area contributed by atoms with E-state index in [-0.39, 0.29) is 6.10 Å². The Balaban J connectivity index is 1.81. The van der Waals surface area contributed by atoms with Crippen molar-refractivity contribution in [3.8, 4) is 5.75 Å². The summed E-state index contributed by atoms with van der Waals surface area (Å²) in [5, 5.41) is 1.64. The summed E-state index contributed by atoms with van der Waals surface area (Å²) < 4.78 is 23.5. The zero-order valence-corrected chi connectivity index (χ0v) is 13.1. The van der Waals surface area contributed by atoms with Gasteiger partial charge in [-0.15, -0.1) is 0 Å². The zero-order valence-electron chi connectivity index (χ0n) is 12.2. The third-order valence-corrected chi connectivity index (χ3v) is 5.02. The molecular formula is C17H18O3P+. The second kappa shape index (κ2) is 5.97. The lowest BCUT2D eigenvalue weighted by Gasteiger charge is -2.06. The van der Waals surface area contributed by atoms with Crippen LogP contribution in [0.2, 0.25) is 0 Å². The summed E-state index contributed by atoms with van der Waals surface area (Å²) in [6.07, 6.45) is 0.221. The van der Waals surface area contributed by atoms with Crippen molar-refractivity contribution < 1.29 is 14.0 Å². The molecule has 21 heavy (non-hydrogen) atoms. The Morgan fingerprint density at radius 3 is 2.48 bits per heavy atom. The summed E-state index contributed by atoms with van der Waals surface area (Å²) in [7, 11) is -1.58. The molecule has 3 rings (SSSR count). The van der Waals surface area contributed by atoms with Crippen LogP contribution < -0.4 is 15.3 Å². The van der Waals surface area contributed by atoms with E-state index in [1.165, 1.54) is 5.56 Å². The molecule has 0 saturated carbocycles. The van der Waals surface area contributed by atoms with Crippen LogP contribution in [0.4, 0.5) is 0 Å². The van der Waals surface area contributed by atoms with Crippen LogP contribution in [0, 0.1) is 13.8 Å². The lowest BCUT2D eigenvalue weighted by atomic mass is 10.2. The predicted octanol–water partition coefficient (Wildman–Crippen LogP) is 2.86. The molecule has 2 aromatic carbocycles. The fraction of sp³-hybridized carbons (Fsp3) is 0.294. The monoisotopic (exact) mass is 301 g/mol. The van der Waals surface area contributed by atoms with Crippen molar-refractivity contribution in [2.45, 2.75) is 20.0 Å². The molecular weight excluding hydrogens is 283 g/mol. The first-order valence-corrected chi connectivity index (χ1v) is 8.28. The van der Waals surface area contributed by atoms with E-state index in [0.717, 1.165) is 28.5 Å². The maximum Gasteiger partial charge on any atom is 0.415 e. The van der Waals surface area contributed by atoms with Gasteiger partial charge < -0.3 is 9.47 Å². The number of rotatable bonds is 5. The molecule has 0 aliphatic carbocycles. The Kier molecular flexibility index (Phi) is 4.05. The Hall–Kier alpha value is -1.70. The molecule has 1 saturated heterocycles. The topological polar surface area (TPSA) is 38.8 Å². The minimum atomic E-state index is -1.58. The lowest BCUT2D eigenvalue weighted by molar-refractivity contribution is 0.262. The van der Waals surface area contributed by atoms with E-state index < -0.39 is 7.80 Å². The van der Waals surface area contributed by atoms with Crippen LogP contribution >= 0.6 is 7.80 Å². The molecule has 0 bridgehead atoms. The van der Waals surface area contributed by atoms with Gasteiger partial charge >= 0.3 is 7.80 Å². The molecule has 2 atom stereocenters. The van der Waals surface area contributed by atoms with Crippen LogP contribution in [-0.2, 0) is 9.30 Å². The third kappa shape index (κ3) is 3.49. The van der Waals surface area contributed by atoms with Gasteiger partial charge in [0.15, 0.2) is 10.6 Å². The molecule has 1 fully saturated rings. The molecule has 1 aliphatic heterocycles. The molecule has 0 amide bonds. The summed E-state index contributed by atoms with van der Waals surface area (Å²) in [5.74, 6) is 0.790. The van der Waals surface area contributed by atoms with Crippen LogP contribution in [0.15, 0.2) is 42.5 Å². The Bertz CT molecular complexity index is 660. The van der Waals surface area contributed by atoms with Crippen molar-refractivity contribution in [3.63, 3.8) is 0 Å². The highest BCUT2D eigenvalue weighted by Gasteiger charge is 2.26. The van der Waals surface area contributed by atoms with Gasteiger partial charge in [-0.3, -0.25) is 0 Å². The number of hydrogen-bond donors (Lipinski definition) is 0. The Labute approximate surface area is 125 Å². The van der Waals surface area contributed by atoms with Gasteiger partial charge in [0, 0.05) is 6.07 Å². The average Bonchev–Trinajstić information content (AvgIpc) is 3.31. The SMILES string of the molecule is Cc1ccc([P+](=O)c2ccc(C)c(OCC3CO3)c2)cc1. The smallest absolute Gasteiger partial charge is 0.415 e. The largest absolute Gasteiger partial charge is 0.490 e. The molecule has 0 aromatic heterocycles. The highest BCUT2D eigenvalue weighted by atomic mass is 31.1. The first-order valence-electron chi connectivity index (χ1n) is 7.02. The summed E-state index contributed by atoms with van der Waals surface area (Å²) >= 11 is 0. The summed E-state index contributed by atoms with van der Waals surface area (Å²) in [4.78, 5) is 0. The molecule has 2 unspecified atom stereocenters. The minimum absolute atomic E-state index is 0.221. The fourth-order valence-corrected chi connectivity index (χ4v) is 3.21. The second-order valence-corrected chi connectivity index (χ2v) is 6.97. The van der Waals surface area contributed by atoms with Crippen LogP contribution in [0.25, 0.3) is 0 Å². The van der Waals surface area contributed by atoms with Crippen molar-refractivity contribution in [1.29, 1.82) is 0 Å². The minimum Gasteiger partial charge on any atom is -0.490 e. The fourth-order valence-electron chi connectivity index (χ4n) is 2.05. The lowest BCUT2D eigenvalue weighted by Crippen LogP contribution is -2.10. The van der Waals surface area contributed by atoms with E-state index in [1.54, 1.807) is 0 Å². The molecule has 0 radical (unpaired) electrons. The van der Waals surface area contributed by atoms with Gasteiger partial charge in [0.2, 0.25) is 0 Å². The van der Waals surface area contributed by atoms with Crippen LogP contribution in [0.3, 0.4) is 0 Å². The normalized spacial score (nSPS) is 17.4. The van der Waals surface area contributed by atoms with E-state index in [2.05, 4.69) is 0 Å². The van der Waals surface area contributed by atoms with Crippen LogP contribution in [0.1, 0.15) is 11.1 Å². The van der Waals surface area contributed by atoms with Crippen molar-refractivity contribution in [2.75, 3.05) is 13.2 Å². The van der Waals surface area contributed by atoms with Gasteiger partial charge in [0.25, 0.3) is 0 Å². The van der Waals surface area contributed by atoms with Gasteiger partial charge in [-0.25, -0.2) is 0 Å². The van der Waals surface area contributed by atoms with Gasteiger partial charge in [-0.05, 0) is 37.6 Å². The van der Waals surface area contributed by atoms with Gasteiger partial charge in [-0.1, -0.05) is 28.3 Å². The van der Waals surface area contributed by atoms with Crippen molar-refractivity contribution in [1.82, 2.24) is 0 Å². The first-order chi connectivity index (χ1) is 10.1. The number of ether oxygens (including phenoxy) is 2. The summed E-state index contributed by atoms with van der Waals surface area (Å²) in [6, 6.07) is 13.6. The van der Waals surface area contributed by atoms with Crippen LogP contribution in [-0.4, -0.2) is 19.3 Å². The molecule has 2 aromatic rings. The molecule has 3 nitrogen and oxygen atoms in total. The quantitative estimate of drug-likeness (QED) is 0.629. The number of aryl methyl sites for hydroxylation is 2.